The predicted octanol–water partition coefficient (Wildman–Crippen LogP) is 1.28. The van der Waals surface area contributed by atoms with E-state index in [-0.39, 0.29) is 12.0 Å². The fraction of sp³-hybridized carbons (Fsp3) is 0.200. The molecular weight excluding hydrogens is 237 g/mol. The van der Waals surface area contributed by atoms with Crippen molar-refractivity contribution in [1.29, 1.82) is 0 Å². The van der Waals surface area contributed by atoms with E-state index >= 15 is 0 Å². The molecule has 1 aromatic rings. The lowest BCUT2D eigenvalue weighted by molar-refractivity contribution is -0.137. The lowest BCUT2D eigenvalue weighted by Crippen LogP contribution is -2.14. The number of aromatic amines is 1. The maximum atomic E-state index is 12.3. The first-order valence-corrected chi connectivity index (χ1v) is 4.55. The van der Waals surface area contributed by atoms with E-state index in [9.17, 15) is 22.8 Å². The van der Waals surface area contributed by atoms with Crippen LogP contribution in [0.5, 0.6) is 0 Å². The van der Waals surface area contributed by atoms with Crippen molar-refractivity contribution in [3.63, 3.8) is 0 Å². The number of nitrogens with one attached hydrogen (secondary N) is 1. The highest BCUT2D eigenvalue weighted by molar-refractivity contribution is 5.76. The van der Waals surface area contributed by atoms with Crippen molar-refractivity contribution in [2.45, 2.75) is 12.6 Å². The average molecular weight is 246 g/mol. The number of amides is 1. The third kappa shape index (κ3) is 3.78. The van der Waals surface area contributed by atoms with Gasteiger partial charge in [0, 0.05) is 18.2 Å². The highest BCUT2D eigenvalue weighted by Gasteiger charge is 2.31. The monoisotopic (exact) mass is 246 g/mol. The summed E-state index contributed by atoms with van der Waals surface area (Å²) in [6.45, 7) is 0. The van der Waals surface area contributed by atoms with Crippen molar-refractivity contribution in [2.75, 3.05) is 0 Å². The second-order valence-corrected chi connectivity index (χ2v) is 3.24. The largest absolute Gasteiger partial charge is 0.417 e. The molecule has 0 aromatic carbocycles. The second kappa shape index (κ2) is 4.86. The van der Waals surface area contributed by atoms with Crippen molar-refractivity contribution in [1.82, 2.24) is 4.98 Å². The predicted molar refractivity (Wildman–Crippen MR) is 54.9 cm³/mol. The molecule has 17 heavy (non-hydrogen) atoms. The fourth-order valence-corrected chi connectivity index (χ4v) is 1.09. The van der Waals surface area contributed by atoms with Crippen LogP contribution in [0.3, 0.4) is 0 Å². The first-order chi connectivity index (χ1) is 7.80. The minimum atomic E-state index is -4.53. The number of alkyl halides is 3. The lowest BCUT2D eigenvalue weighted by atomic mass is 10.1. The van der Waals surface area contributed by atoms with Crippen LogP contribution in [0.1, 0.15) is 17.5 Å². The SMILES string of the molecule is NC(=O)CC=Cc1cc(C(F)(F)F)c[nH]c1=O. The van der Waals surface area contributed by atoms with Crippen molar-refractivity contribution in [3.05, 3.63) is 39.8 Å². The lowest BCUT2D eigenvalue weighted by Gasteiger charge is -2.06. The number of pyridine rings is 1. The Labute approximate surface area is 93.9 Å². The van der Waals surface area contributed by atoms with Crippen LogP contribution in [0.4, 0.5) is 13.2 Å². The maximum absolute atomic E-state index is 12.3. The molecule has 0 radical (unpaired) electrons. The summed E-state index contributed by atoms with van der Waals surface area (Å²) in [5.74, 6) is -0.635. The number of hydrogen-bond donors (Lipinski definition) is 2. The Morgan fingerprint density at radius 1 is 1.47 bits per heavy atom. The highest BCUT2D eigenvalue weighted by atomic mass is 19.4. The van der Waals surface area contributed by atoms with Crippen LogP contribution in [-0.4, -0.2) is 10.9 Å². The molecule has 1 heterocycles. The molecule has 0 aliphatic heterocycles. The van der Waals surface area contributed by atoms with Gasteiger partial charge in [-0.05, 0) is 6.07 Å². The van der Waals surface area contributed by atoms with E-state index in [1.54, 1.807) is 0 Å². The minimum Gasteiger partial charge on any atom is -0.369 e. The summed E-state index contributed by atoms with van der Waals surface area (Å²) in [6.07, 6.45) is -1.73. The van der Waals surface area contributed by atoms with E-state index in [4.69, 9.17) is 5.73 Å². The quantitative estimate of drug-likeness (QED) is 0.842. The summed E-state index contributed by atoms with van der Waals surface area (Å²) in [5, 5.41) is 0. The van der Waals surface area contributed by atoms with E-state index in [0.29, 0.717) is 12.3 Å². The van der Waals surface area contributed by atoms with Gasteiger partial charge in [-0.3, -0.25) is 9.59 Å². The molecule has 0 atom stereocenters. The smallest absolute Gasteiger partial charge is 0.369 e. The maximum Gasteiger partial charge on any atom is 0.417 e. The van der Waals surface area contributed by atoms with E-state index in [1.165, 1.54) is 6.08 Å². The fourth-order valence-electron chi connectivity index (χ4n) is 1.09. The molecule has 1 rings (SSSR count). The second-order valence-electron chi connectivity index (χ2n) is 3.24. The number of carbonyl (C=O) groups is 1. The molecule has 3 N–H and O–H groups in total. The summed E-state index contributed by atoms with van der Waals surface area (Å²) in [4.78, 5) is 23.6. The Hall–Kier alpha value is -2.05. The van der Waals surface area contributed by atoms with Crippen LogP contribution >= 0.6 is 0 Å². The third-order valence-corrected chi connectivity index (χ3v) is 1.88. The molecule has 1 amide bonds. The Morgan fingerprint density at radius 3 is 2.65 bits per heavy atom. The molecule has 7 heteroatoms. The molecule has 0 aliphatic carbocycles. The van der Waals surface area contributed by atoms with Gasteiger partial charge in [0.1, 0.15) is 0 Å². The number of halogens is 3. The summed E-state index contributed by atoms with van der Waals surface area (Å²) >= 11 is 0. The zero-order valence-electron chi connectivity index (χ0n) is 8.54. The van der Waals surface area contributed by atoms with Crippen molar-refractivity contribution in [2.24, 2.45) is 5.73 Å². The van der Waals surface area contributed by atoms with E-state index in [1.807, 2.05) is 4.98 Å². The van der Waals surface area contributed by atoms with Gasteiger partial charge >= 0.3 is 6.18 Å². The van der Waals surface area contributed by atoms with Crippen molar-refractivity contribution < 1.29 is 18.0 Å². The van der Waals surface area contributed by atoms with Gasteiger partial charge in [-0.1, -0.05) is 12.2 Å². The normalized spacial score (nSPS) is 11.9. The topological polar surface area (TPSA) is 76.0 Å². The van der Waals surface area contributed by atoms with E-state index in [0.717, 1.165) is 6.08 Å². The number of primary amides is 1. The molecule has 0 saturated carbocycles. The van der Waals surface area contributed by atoms with Crippen molar-refractivity contribution in [3.8, 4) is 0 Å². The number of H-pyrrole nitrogens is 1. The van der Waals surface area contributed by atoms with Gasteiger partial charge in [0.25, 0.3) is 5.56 Å². The Bertz CT molecular complexity index is 503. The molecule has 0 unspecified atom stereocenters. The zero-order valence-corrected chi connectivity index (χ0v) is 8.54. The molecule has 0 saturated heterocycles. The summed E-state index contributed by atoms with van der Waals surface area (Å²) in [7, 11) is 0. The first kappa shape index (κ1) is 13.0. The Morgan fingerprint density at radius 2 is 2.12 bits per heavy atom. The molecular formula is C10H9F3N2O2. The number of aromatic nitrogens is 1. The zero-order chi connectivity index (χ0) is 13.1. The van der Waals surface area contributed by atoms with Gasteiger partial charge in [-0.25, -0.2) is 0 Å². The molecule has 0 bridgehead atoms. The molecule has 92 valence electrons. The van der Waals surface area contributed by atoms with Crippen LogP contribution in [0.15, 0.2) is 23.1 Å². The number of hydrogen-bond acceptors (Lipinski definition) is 2. The summed E-state index contributed by atoms with van der Waals surface area (Å²) < 4.78 is 37.0. The van der Waals surface area contributed by atoms with Gasteiger partial charge in [0.2, 0.25) is 5.91 Å². The van der Waals surface area contributed by atoms with Crippen LogP contribution in [-0.2, 0) is 11.0 Å². The Kier molecular flexibility index (Phi) is 3.72. The minimum absolute atomic E-state index is 0.143. The van der Waals surface area contributed by atoms with Gasteiger partial charge in [-0.15, -0.1) is 0 Å². The standard InChI is InChI=1S/C10H9F3N2O2/c11-10(12,13)7-4-6(9(17)15-5-7)2-1-3-8(14)16/h1-2,4-5H,3H2,(H2,14,16)(H,15,17). The third-order valence-electron chi connectivity index (χ3n) is 1.88. The molecule has 0 aliphatic rings. The highest BCUT2D eigenvalue weighted by Crippen LogP contribution is 2.28. The number of nitrogens with two attached hydrogens (primary N) is 1. The summed E-state index contributed by atoms with van der Waals surface area (Å²) in [6, 6.07) is 0.705. The van der Waals surface area contributed by atoms with Crippen molar-refractivity contribution >= 4 is 12.0 Å². The first-order valence-electron chi connectivity index (χ1n) is 4.55. The number of carbonyl (C=O) groups excluding carboxylic acids is 1. The molecule has 1 aromatic heterocycles. The van der Waals surface area contributed by atoms with Crippen LogP contribution in [0.25, 0.3) is 6.08 Å². The van der Waals surface area contributed by atoms with Gasteiger partial charge in [0.15, 0.2) is 0 Å². The Balaban J connectivity index is 3.03. The van der Waals surface area contributed by atoms with Crippen LogP contribution < -0.4 is 11.3 Å². The molecule has 0 spiro atoms. The van der Waals surface area contributed by atoms with E-state index < -0.39 is 23.2 Å². The van der Waals surface area contributed by atoms with Gasteiger partial charge in [-0.2, -0.15) is 13.2 Å². The number of rotatable bonds is 3. The average Bonchev–Trinajstić information content (AvgIpc) is 2.18. The van der Waals surface area contributed by atoms with Crippen LogP contribution in [0, 0.1) is 0 Å². The van der Waals surface area contributed by atoms with Gasteiger partial charge < -0.3 is 10.7 Å². The molecule has 0 fully saturated rings. The van der Waals surface area contributed by atoms with Gasteiger partial charge in [0.05, 0.1) is 5.56 Å². The van der Waals surface area contributed by atoms with E-state index in [2.05, 4.69) is 0 Å². The van der Waals surface area contributed by atoms with Crippen LogP contribution in [0.2, 0.25) is 0 Å². The summed E-state index contributed by atoms with van der Waals surface area (Å²) in [5.41, 5.74) is 3.03. The molecule has 4 nitrogen and oxygen atoms in total.